The van der Waals surface area contributed by atoms with Crippen LogP contribution in [-0.2, 0) is 6.54 Å². The maximum Gasteiger partial charge on any atom is 0.148 e. The number of nitrogen functional groups attached to an aromatic ring is 1. The minimum absolute atomic E-state index is 0.0572. The molecule has 0 aliphatic heterocycles. The van der Waals surface area contributed by atoms with Crippen LogP contribution in [0.2, 0.25) is 0 Å². The summed E-state index contributed by atoms with van der Waals surface area (Å²) in [5.41, 5.74) is 4.57. The Hall–Kier alpha value is -2.18. The van der Waals surface area contributed by atoms with E-state index in [1.165, 1.54) is 6.33 Å². The molecule has 1 aromatic carbocycles. The summed E-state index contributed by atoms with van der Waals surface area (Å²) in [6, 6.07) is 10.1. The lowest BCUT2D eigenvalue weighted by atomic mass is 10.2. The number of aliphatic hydroxyl groups excluding tert-OH is 1. The van der Waals surface area contributed by atoms with E-state index in [9.17, 15) is 5.11 Å². The fourth-order valence-electron chi connectivity index (χ4n) is 2.09. The Morgan fingerprint density at radius 3 is 2.65 bits per heavy atom. The molecule has 0 amide bonds. The largest absolute Gasteiger partial charge is 0.395 e. The molecule has 0 spiro atoms. The van der Waals surface area contributed by atoms with E-state index in [-0.39, 0.29) is 6.61 Å². The molecule has 4 N–H and O–H groups in total. The van der Waals surface area contributed by atoms with E-state index < -0.39 is 0 Å². The van der Waals surface area contributed by atoms with Crippen molar-refractivity contribution in [3.63, 3.8) is 0 Å². The van der Waals surface area contributed by atoms with Gasteiger partial charge in [-0.05, 0) is 12.5 Å². The highest BCUT2D eigenvalue weighted by Crippen LogP contribution is 2.22. The van der Waals surface area contributed by atoms with Gasteiger partial charge in [0.25, 0.3) is 0 Å². The number of hydrazine groups is 1. The van der Waals surface area contributed by atoms with E-state index in [4.69, 9.17) is 5.84 Å². The zero-order chi connectivity index (χ0) is 14.4. The van der Waals surface area contributed by atoms with Gasteiger partial charge in [0.05, 0.1) is 6.61 Å². The molecule has 0 atom stereocenters. The van der Waals surface area contributed by atoms with Crippen molar-refractivity contribution in [1.82, 2.24) is 9.97 Å². The molecule has 1 heterocycles. The molecule has 6 heteroatoms. The summed E-state index contributed by atoms with van der Waals surface area (Å²) in [4.78, 5) is 10.4. The molecule has 2 aromatic rings. The lowest BCUT2D eigenvalue weighted by Gasteiger charge is -2.25. The summed E-state index contributed by atoms with van der Waals surface area (Å²) < 4.78 is 0. The standard InChI is InChI=1S/C14H19N5O/c1-11-13(18-15)16-10-17-14(11)19(7-8-20)9-12-5-3-2-4-6-12/h2-6,10,20H,7-9,15H2,1H3,(H,16,17,18). The van der Waals surface area contributed by atoms with Gasteiger partial charge in [-0.1, -0.05) is 30.3 Å². The van der Waals surface area contributed by atoms with E-state index in [0.717, 1.165) is 16.9 Å². The van der Waals surface area contributed by atoms with Gasteiger partial charge in [0, 0.05) is 18.7 Å². The first-order valence-corrected chi connectivity index (χ1v) is 6.44. The third kappa shape index (κ3) is 3.23. The van der Waals surface area contributed by atoms with Crippen LogP contribution < -0.4 is 16.2 Å². The fourth-order valence-corrected chi connectivity index (χ4v) is 2.09. The predicted molar refractivity (Wildman–Crippen MR) is 79.2 cm³/mol. The highest BCUT2D eigenvalue weighted by Gasteiger charge is 2.14. The first-order valence-electron chi connectivity index (χ1n) is 6.44. The SMILES string of the molecule is Cc1c(NN)ncnc1N(CCO)Cc1ccccc1. The highest BCUT2D eigenvalue weighted by molar-refractivity contribution is 5.57. The Labute approximate surface area is 118 Å². The quantitative estimate of drug-likeness (QED) is 0.539. The molecule has 20 heavy (non-hydrogen) atoms. The molecule has 0 saturated heterocycles. The summed E-state index contributed by atoms with van der Waals surface area (Å²) in [6.45, 7) is 3.13. The minimum Gasteiger partial charge on any atom is -0.395 e. The minimum atomic E-state index is 0.0572. The molecule has 6 nitrogen and oxygen atoms in total. The number of anilines is 2. The molecule has 1 aromatic heterocycles. The van der Waals surface area contributed by atoms with Gasteiger partial charge in [0.2, 0.25) is 0 Å². The summed E-state index contributed by atoms with van der Waals surface area (Å²) in [5.74, 6) is 6.80. The molecule has 0 aliphatic rings. The second kappa shape index (κ2) is 6.83. The Bertz CT molecular complexity index is 547. The number of hydrogen-bond acceptors (Lipinski definition) is 6. The van der Waals surface area contributed by atoms with Crippen LogP contribution in [0.4, 0.5) is 11.6 Å². The lowest BCUT2D eigenvalue weighted by Crippen LogP contribution is -2.28. The van der Waals surface area contributed by atoms with Crippen molar-refractivity contribution in [3.8, 4) is 0 Å². The van der Waals surface area contributed by atoms with Crippen LogP contribution in [0.15, 0.2) is 36.7 Å². The van der Waals surface area contributed by atoms with E-state index >= 15 is 0 Å². The number of nitrogens with two attached hydrogens (primary N) is 1. The molecule has 0 unspecified atom stereocenters. The van der Waals surface area contributed by atoms with Gasteiger partial charge in [0.1, 0.15) is 18.0 Å². The topological polar surface area (TPSA) is 87.3 Å². The van der Waals surface area contributed by atoms with Gasteiger partial charge < -0.3 is 15.4 Å². The smallest absolute Gasteiger partial charge is 0.148 e. The Morgan fingerprint density at radius 2 is 2.00 bits per heavy atom. The number of rotatable bonds is 6. The van der Waals surface area contributed by atoms with Crippen LogP contribution >= 0.6 is 0 Å². The van der Waals surface area contributed by atoms with Gasteiger partial charge in [-0.2, -0.15) is 0 Å². The van der Waals surface area contributed by atoms with Crippen molar-refractivity contribution >= 4 is 11.6 Å². The summed E-state index contributed by atoms with van der Waals surface area (Å²) in [5, 5.41) is 9.27. The summed E-state index contributed by atoms with van der Waals surface area (Å²) >= 11 is 0. The monoisotopic (exact) mass is 273 g/mol. The number of benzene rings is 1. The number of aromatic nitrogens is 2. The maximum absolute atomic E-state index is 9.27. The van der Waals surface area contributed by atoms with Gasteiger partial charge in [-0.25, -0.2) is 15.8 Å². The van der Waals surface area contributed by atoms with Crippen molar-refractivity contribution in [2.24, 2.45) is 5.84 Å². The normalized spacial score (nSPS) is 10.3. The number of nitrogens with zero attached hydrogens (tertiary/aromatic N) is 3. The molecular formula is C14H19N5O. The Balaban J connectivity index is 2.29. The molecule has 0 saturated carbocycles. The van der Waals surface area contributed by atoms with Gasteiger partial charge in [0.15, 0.2) is 0 Å². The van der Waals surface area contributed by atoms with E-state index in [0.29, 0.717) is 18.9 Å². The highest BCUT2D eigenvalue weighted by atomic mass is 16.3. The molecule has 106 valence electrons. The molecule has 0 radical (unpaired) electrons. The molecular weight excluding hydrogens is 254 g/mol. The average Bonchev–Trinajstić information content (AvgIpc) is 2.48. The molecule has 0 aliphatic carbocycles. The second-order valence-electron chi connectivity index (χ2n) is 4.45. The summed E-state index contributed by atoms with van der Waals surface area (Å²) in [6.07, 6.45) is 1.47. The average molecular weight is 273 g/mol. The van der Waals surface area contributed by atoms with Crippen LogP contribution in [0.25, 0.3) is 0 Å². The van der Waals surface area contributed by atoms with E-state index in [1.807, 2.05) is 42.2 Å². The van der Waals surface area contributed by atoms with E-state index in [1.54, 1.807) is 0 Å². The Kier molecular flexibility index (Phi) is 4.86. The number of nitrogens with one attached hydrogen (secondary N) is 1. The first-order chi connectivity index (χ1) is 9.76. The van der Waals surface area contributed by atoms with Gasteiger partial charge >= 0.3 is 0 Å². The second-order valence-corrected chi connectivity index (χ2v) is 4.45. The predicted octanol–water partition coefficient (Wildman–Crippen LogP) is 1.07. The zero-order valence-electron chi connectivity index (χ0n) is 11.5. The number of aliphatic hydroxyl groups is 1. The van der Waals surface area contributed by atoms with Gasteiger partial charge in [-0.15, -0.1) is 0 Å². The molecule has 0 fully saturated rings. The molecule has 0 bridgehead atoms. The van der Waals surface area contributed by atoms with Crippen molar-refractivity contribution in [3.05, 3.63) is 47.8 Å². The van der Waals surface area contributed by atoms with Crippen molar-refractivity contribution in [1.29, 1.82) is 0 Å². The van der Waals surface area contributed by atoms with Crippen molar-refractivity contribution < 1.29 is 5.11 Å². The summed E-state index contributed by atoms with van der Waals surface area (Å²) in [7, 11) is 0. The maximum atomic E-state index is 9.27. The van der Waals surface area contributed by atoms with Crippen molar-refractivity contribution in [2.75, 3.05) is 23.5 Å². The van der Waals surface area contributed by atoms with E-state index in [2.05, 4.69) is 15.4 Å². The third-order valence-electron chi connectivity index (χ3n) is 3.08. The zero-order valence-corrected chi connectivity index (χ0v) is 11.5. The number of hydrogen-bond donors (Lipinski definition) is 3. The van der Waals surface area contributed by atoms with Gasteiger partial charge in [-0.3, -0.25) is 0 Å². The van der Waals surface area contributed by atoms with Crippen LogP contribution in [0.1, 0.15) is 11.1 Å². The van der Waals surface area contributed by atoms with Crippen LogP contribution in [-0.4, -0.2) is 28.2 Å². The lowest BCUT2D eigenvalue weighted by molar-refractivity contribution is 0.301. The first kappa shape index (κ1) is 14.2. The Morgan fingerprint density at radius 1 is 1.25 bits per heavy atom. The molecule has 2 rings (SSSR count). The van der Waals surface area contributed by atoms with Crippen molar-refractivity contribution in [2.45, 2.75) is 13.5 Å². The third-order valence-corrected chi connectivity index (χ3v) is 3.08. The van der Waals surface area contributed by atoms with Crippen LogP contribution in [0.3, 0.4) is 0 Å². The van der Waals surface area contributed by atoms with Crippen LogP contribution in [0, 0.1) is 6.92 Å². The van der Waals surface area contributed by atoms with Crippen LogP contribution in [0.5, 0.6) is 0 Å². The fraction of sp³-hybridized carbons (Fsp3) is 0.286.